The van der Waals surface area contributed by atoms with E-state index in [0.717, 1.165) is 29.8 Å². The Morgan fingerprint density at radius 3 is 2.71 bits per heavy atom. The molecule has 28 heavy (non-hydrogen) atoms. The third-order valence-corrected chi connectivity index (χ3v) is 5.15. The van der Waals surface area contributed by atoms with Crippen molar-refractivity contribution in [1.29, 1.82) is 0 Å². The second-order valence-electron chi connectivity index (χ2n) is 6.96. The minimum absolute atomic E-state index is 0.115. The fraction of sp³-hybridized carbons (Fsp3) is 0.368. The maximum atomic E-state index is 12.8. The second-order valence-corrected chi connectivity index (χ2v) is 6.96. The van der Waals surface area contributed by atoms with Gasteiger partial charge in [0.05, 0.1) is 11.8 Å². The number of benzene rings is 1. The average Bonchev–Trinajstić information content (AvgIpc) is 3.13. The van der Waals surface area contributed by atoms with Gasteiger partial charge in [-0.15, -0.1) is 0 Å². The van der Waals surface area contributed by atoms with Gasteiger partial charge in [0.25, 0.3) is 17.9 Å². The number of aromatic nitrogens is 4. The quantitative estimate of drug-likeness (QED) is 0.746. The molecule has 0 spiro atoms. The molecule has 7 nitrogen and oxygen atoms in total. The topological polar surface area (TPSA) is 83.9 Å². The van der Waals surface area contributed by atoms with Crippen LogP contribution in [0.4, 0.5) is 8.78 Å². The molecule has 1 aliphatic rings. The highest BCUT2D eigenvalue weighted by molar-refractivity contribution is 6.04. The number of nitrogens with zero attached hydrogens (tertiary/aromatic N) is 4. The van der Waals surface area contributed by atoms with Crippen molar-refractivity contribution in [2.45, 2.75) is 25.8 Å². The number of fused-ring (bicyclic) bond motifs is 1. The summed E-state index contributed by atoms with van der Waals surface area (Å²) < 4.78 is 26.6. The first-order chi connectivity index (χ1) is 13.5. The number of amides is 1. The van der Waals surface area contributed by atoms with E-state index in [-0.39, 0.29) is 11.8 Å². The van der Waals surface area contributed by atoms with Crippen molar-refractivity contribution in [3.8, 4) is 0 Å². The van der Waals surface area contributed by atoms with Gasteiger partial charge in [-0.1, -0.05) is 18.2 Å². The van der Waals surface area contributed by atoms with Crippen molar-refractivity contribution in [3.63, 3.8) is 0 Å². The molecule has 1 aliphatic heterocycles. The summed E-state index contributed by atoms with van der Waals surface area (Å²) >= 11 is 0. The Balaban J connectivity index is 1.39. The van der Waals surface area contributed by atoms with Gasteiger partial charge in [-0.2, -0.15) is 5.10 Å². The van der Waals surface area contributed by atoms with Crippen molar-refractivity contribution in [1.82, 2.24) is 24.6 Å². The molecule has 1 N–H and O–H groups in total. The largest absolute Gasteiger partial charge is 0.337 e. The summed E-state index contributed by atoms with van der Waals surface area (Å²) in [5.41, 5.74) is 0.247. The van der Waals surface area contributed by atoms with Gasteiger partial charge < -0.3 is 4.90 Å². The number of hydrogen-bond donors (Lipinski definition) is 1. The fourth-order valence-electron chi connectivity index (χ4n) is 3.57. The molecule has 0 atom stereocenters. The number of hydrogen-bond acceptors (Lipinski definition) is 4. The molecule has 0 saturated carbocycles. The number of nitrogens with one attached hydrogen (secondary N) is 1. The minimum atomic E-state index is -2.75. The van der Waals surface area contributed by atoms with Gasteiger partial charge in [-0.05, 0) is 24.8 Å². The van der Waals surface area contributed by atoms with Gasteiger partial charge in [-0.25, -0.2) is 13.8 Å². The third kappa shape index (κ3) is 3.51. The van der Waals surface area contributed by atoms with E-state index in [1.165, 1.54) is 10.9 Å². The zero-order valence-corrected chi connectivity index (χ0v) is 15.0. The summed E-state index contributed by atoms with van der Waals surface area (Å²) in [6.45, 7) is 1.52. The third-order valence-electron chi connectivity index (χ3n) is 5.15. The summed E-state index contributed by atoms with van der Waals surface area (Å²) in [7, 11) is 0. The normalized spacial score (nSPS) is 15.5. The van der Waals surface area contributed by atoms with Gasteiger partial charge in [0.1, 0.15) is 5.69 Å². The molecule has 1 fully saturated rings. The highest BCUT2D eigenvalue weighted by Gasteiger charge is 2.26. The molecule has 0 bridgehead atoms. The van der Waals surface area contributed by atoms with Gasteiger partial charge in [-0.3, -0.25) is 19.3 Å². The van der Waals surface area contributed by atoms with Crippen molar-refractivity contribution < 1.29 is 13.6 Å². The maximum absolute atomic E-state index is 12.8. The van der Waals surface area contributed by atoms with Gasteiger partial charge >= 0.3 is 0 Å². The first kappa shape index (κ1) is 18.3. The lowest BCUT2D eigenvalue weighted by molar-refractivity contribution is 0.0678. The van der Waals surface area contributed by atoms with Crippen LogP contribution in [0.15, 0.2) is 41.5 Å². The van der Waals surface area contributed by atoms with Crippen LogP contribution in [-0.2, 0) is 6.54 Å². The molecule has 0 radical (unpaired) electrons. The van der Waals surface area contributed by atoms with E-state index in [2.05, 4.69) is 15.2 Å². The molecule has 3 heterocycles. The smallest absolute Gasteiger partial charge is 0.280 e. The van der Waals surface area contributed by atoms with E-state index in [0.29, 0.717) is 25.3 Å². The van der Waals surface area contributed by atoms with E-state index in [9.17, 15) is 18.4 Å². The van der Waals surface area contributed by atoms with Crippen molar-refractivity contribution in [2.75, 3.05) is 13.1 Å². The average molecular weight is 387 g/mol. The SMILES string of the molecule is O=C(c1n[nH]c2ccccc12)N1CCC(Cn2cnc(C(F)F)cc2=O)CC1. The number of likely N-dealkylation sites (tertiary alicyclic amines) is 1. The van der Waals surface area contributed by atoms with E-state index in [4.69, 9.17) is 0 Å². The zero-order chi connectivity index (χ0) is 19.7. The molecule has 1 amide bonds. The molecule has 1 saturated heterocycles. The Hall–Kier alpha value is -3.10. The monoisotopic (exact) mass is 387 g/mol. The number of rotatable bonds is 4. The van der Waals surface area contributed by atoms with Crippen molar-refractivity contribution in [2.24, 2.45) is 5.92 Å². The predicted octanol–water partition coefficient (Wildman–Crippen LogP) is 2.61. The summed E-state index contributed by atoms with van der Waals surface area (Å²) in [6, 6.07) is 8.36. The van der Waals surface area contributed by atoms with Crippen LogP contribution >= 0.6 is 0 Å². The standard InChI is InChI=1S/C19H19F2N5O2/c20-18(21)15-9-16(27)26(11-22-15)10-12-5-7-25(8-6-12)19(28)17-13-3-1-2-4-14(13)23-24-17/h1-4,9,11-12,18H,5-8,10H2,(H,23,24). The Morgan fingerprint density at radius 2 is 2.00 bits per heavy atom. The highest BCUT2D eigenvalue weighted by atomic mass is 19.3. The van der Waals surface area contributed by atoms with Crippen molar-refractivity contribution >= 4 is 16.8 Å². The van der Waals surface area contributed by atoms with Crippen molar-refractivity contribution in [3.05, 3.63) is 58.4 Å². The molecule has 3 aromatic rings. The Labute approximate surface area is 159 Å². The number of aromatic amines is 1. The Morgan fingerprint density at radius 1 is 1.25 bits per heavy atom. The van der Waals surface area contributed by atoms with Crippen LogP contribution in [0, 0.1) is 5.92 Å². The molecule has 9 heteroatoms. The molecular formula is C19H19F2N5O2. The number of carbonyl (C=O) groups is 1. The number of para-hydroxylation sites is 1. The summed E-state index contributed by atoms with van der Waals surface area (Å²) in [4.78, 5) is 30.2. The van der Waals surface area contributed by atoms with Crippen LogP contribution in [-0.4, -0.2) is 43.6 Å². The van der Waals surface area contributed by atoms with E-state index in [1.54, 1.807) is 4.90 Å². The summed E-state index contributed by atoms with van der Waals surface area (Å²) in [6.07, 6.45) is -0.138. The van der Waals surface area contributed by atoms with Crippen LogP contribution in [0.3, 0.4) is 0 Å². The highest BCUT2D eigenvalue weighted by Crippen LogP contribution is 2.23. The minimum Gasteiger partial charge on any atom is -0.337 e. The Kier molecular flexibility index (Phi) is 4.89. The first-order valence-electron chi connectivity index (χ1n) is 9.10. The van der Waals surface area contributed by atoms with E-state index >= 15 is 0 Å². The van der Waals surface area contributed by atoms with Crippen LogP contribution < -0.4 is 5.56 Å². The predicted molar refractivity (Wildman–Crippen MR) is 98.2 cm³/mol. The lowest BCUT2D eigenvalue weighted by Crippen LogP contribution is -2.40. The van der Waals surface area contributed by atoms with Gasteiger partial charge in [0.15, 0.2) is 5.69 Å². The molecule has 146 valence electrons. The van der Waals surface area contributed by atoms with E-state index < -0.39 is 17.7 Å². The second kappa shape index (κ2) is 7.49. The molecule has 0 unspecified atom stereocenters. The van der Waals surface area contributed by atoms with Crippen LogP contribution in [0.5, 0.6) is 0 Å². The van der Waals surface area contributed by atoms with Crippen LogP contribution in [0.2, 0.25) is 0 Å². The van der Waals surface area contributed by atoms with Gasteiger partial charge in [0.2, 0.25) is 0 Å². The lowest BCUT2D eigenvalue weighted by atomic mass is 9.96. The number of halogens is 2. The summed E-state index contributed by atoms with van der Waals surface area (Å²) in [5, 5.41) is 7.83. The zero-order valence-electron chi connectivity index (χ0n) is 15.0. The number of carbonyl (C=O) groups excluding carboxylic acids is 1. The number of piperidine rings is 1. The number of alkyl halides is 2. The molecule has 4 rings (SSSR count). The van der Waals surface area contributed by atoms with Gasteiger partial charge in [0, 0.05) is 31.1 Å². The molecule has 1 aromatic carbocycles. The fourth-order valence-corrected chi connectivity index (χ4v) is 3.57. The molecular weight excluding hydrogens is 368 g/mol. The maximum Gasteiger partial charge on any atom is 0.280 e. The molecule has 0 aliphatic carbocycles. The Bertz CT molecular complexity index is 1050. The van der Waals surface area contributed by atoms with E-state index in [1.807, 2.05) is 24.3 Å². The first-order valence-corrected chi connectivity index (χ1v) is 9.10. The summed E-state index contributed by atoms with van der Waals surface area (Å²) in [5.74, 6) is 0.0629. The molecule has 2 aromatic heterocycles. The number of H-pyrrole nitrogens is 1. The lowest BCUT2D eigenvalue weighted by Gasteiger charge is -2.31. The van der Waals surface area contributed by atoms with Crippen LogP contribution in [0.1, 0.15) is 35.4 Å². The van der Waals surface area contributed by atoms with Crippen LogP contribution in [0.25, 0.3) is 10.9 Å².